The molecule has 2 N–H and O–H groups in total. The molecule has 34 heavy (non-hydrogen) atoms. The molecule has 0 atom stereocenters. The minimum absolute atomic E-state index is 0.0228. The van der Waals surface area contributed by atoms with Crippen LogP contribution in [0.15, 0.2) is 65.6 Å². The summed E-state index contributed by atoms with van der Waals surface area (Å²) in [7, 11) is 2.87. The molecule has 0 spiro atoms. The van der Waals surface area contributed by atoms with Gasteiger partial charge in [-0.25, -0.2) is 4.39 Å². The number of hydrogen-bond donors (Lipinski definition) is 2. The van der Waals surface area contributed by atoms with E-state index in [4.69, 9.17) is 9.47 Å². The van der Waals surface area contributed by atoms with Crippen LogP contribution in [0.4, 0.5) is 10.1 Å². The zero-order valence-corrected chi connectivity index (χ0v) is 19.0. The molecule has 0 bridgehead atoms. The fraction of sp³-hybridized carbons (Fsp3) is 0.130. The molecule has 0 aromatic heterocycles. The first-order valence-electron chi connectivity index (χ1n) is 9.80. The van der Waals surface area contributed by atoms with Crippen LogP contribution in [0.5, 0.6) is 11.5 Å². The van der Waals surface area contributed by atoms with Crippen molar-refractivity contribution in [2.45, 2.75) is 10.6 Å². The number of nitro groups is 1. The Labute approximate surface area is 198 Å². The summed E-state index contributed by atoms with van der Waals surface area (Å²) < 4.78 is 23.6. The van der Waals surface area contributed by atoms with E-state index in [-0.39, 0.29) is 16.8 Å². The lowest BCUT2D eigenvalue weighted by molar-refractivity contribution is -0.387. The zero-order valence-electron chi connectivity index (χ0n) is 18.2. The number of ether oxygens (including phenoxy) is 2. The van der Waals surface area contributed by atoms with Gasteiger partial charge in [0.05, 0.1) is 24.0 Å². The highest BCUT2D eigenvalue weighted by molar-refractivity contribution is 7.98. The second-order valence-corrected chi connectivity index (χ2v) is 7.88. The molecular formula is C23H20FN3O6S. The molecule has 176 valence electrons. The smallest absolute Gasteiger partial charge is 0.283 e. The Kier molecular flexibility index (Phi) is 8.04. The van der Waals surface area contributed by atoms with E-state index in [9.17, 15) is 24.1 Å². The predicted molar refractivity (Wildman–Crippen MR) is 124 cm³/mol. The number of rotatable bonds is 8. The number of thioether (sulfide) groups is 1. The number of nitrogens with one attached hydrogen (secondary N) is 2. The number of methoxy groups -OCH3 is 2. The average molecular weight is 485 g/mol. The van der Waals surface area contributed by atoms with Gasteiger partial charge in [0.15, 0.2) is 0 Å². The number of halogens is 1. The van der Waals surface area contributed by atoms with Crippen LogP contribution in [0, 0.1) is 15.9 Å². The Bertz CT molecular complexity index is 1210. The summed E-state index contributed by atoms with van der Waals surface area (Å²) in [5.74, 6) is -0.690. The number of nitrogens with zero attached hydrogens (tertiary/aromatic N) is 1. The van der Waals surface area contributed by atoms with E-state index in [1.165, 1.54) is 50.6 Å². The SMILES string of the molecule is COc1cc(OC)cc(C(=O)NNC(=O)c2ccc(SCc3cccc(F)c3)c([N+](=O)[O-])c2)c1. The van der Waals surface area contributed by atoms with Crippen molar-refractivity contribution in [1.29, 1.82) is 0 Å². The molecule has 0 aliphatic rings. The van der Waals surface area contributed by atoms with Gasteiger partial charge in [0.1, 0.15) is 17.3 Å². The maximum absolute atomic E-state index is 13.4. The molecule has 9 nitrogen and oxygen atoms in total. The van der Waals surface area contributed by atoms with Gasteiger partial charge in [-0.1, -0.05) is 12.1 Å². The molecule has 0 saturated carbocycles. The Hall–Kier alpha value is -4.12. The number of carbonyl (C=O) groups excluding carboxylic acids is 2. The van der Waals surface area contributed by atoms with Crippen molar-refractivity contribution < 1.29 is 28.4 Å². The van der Waals surface area contributed by atoms with Crippen LogP contribution in [0.3, 0.4) is 0 Å². The van der Waals surface area contributed by atoms with E-state index in [1.54, 1.807) is 18.2 Å². The topological polar surface area (TPSA) is 120 Å². The first kappa shape index (κ1) is 24.5. The van der Waals surface area contributed by atoms with E-state index in [2.05, 4.69) is 10.9 Å². The van der Waals surface area contributed by atoms with Crippen LogP contribution >= 0.6 is 11.8 Å². The van der Waals surface area contributed by atoms with Crippen molar-refractivity contribution in [3.05, 3.63) is 93.3 Å². The molecule has 3 aromatic carbocycles. The minimum atomic E-state index is -0.743. The largest absolute Gasteiger partial charge is 0.497 e. The van der Waals surface area contributed by atoms with Gasteiger partial charge >= 0.3 is 0 Å². The Morgan fingerprint density at radius 3 is 2.18 bits per heavy atom. The van der Waals surface area contributed by atoms with Crippen molar-refractivity contribution >= 4 is 29.3 Å². The van der Waals surface area contributed by atoms with Gasteiger partial charge in [-0.05, 0) is 42.0 Å². The molecule has 0 heterocycles. The van der Waals surface area contributed by atoms with E-state index < -0.39 is 22.6 Å². The summed E-state index contributed by atoms with van der Waals surface area (Å²) in [6.07, 6.45) is 0. The highest BCUT2D eigenvalue weighted by atomic mass is 32.2. The van der Waals surface area contributed by atoms with Gasteiger partial charge in [0, 0.05) is 29.0 Å². The summed E-state index contributed by atoms with van der Waals surface area (Å²) >= 11 is 1.15. The van der Waals surface area contributed by atoms with Crippen LogP contribution in [0.2, 0.25) is 0 Å². The Morgan fingerprint density at radius 1 is 0.941 bits per heavy atom. The molecule has 0 fully saturated rings. The van der Waals surface area contributed by atoms with Gasteiger partial charge < -0.3 is 9.47 Å². The van der Waals surface area contributed by atoms with Crippen molar-refractivity contribution in [3.8, 4) is 11.5 Å². The summed E-state index contributed by atoms with van der Waals surface area (Å²) in [5, 5.41) is 11.5. The van der Waals surface area contributed by atoms with E-state index >= 15 is 0 Å². The summed E-state index contributed by atoms with van der Waals surface area (Å²) in [5.41, 5.74) is 5.02. The lowest BCUT2D eigenvalue weighted by Crippen LogP contribution is -2.41. The first-order chi connectivity index (χ1) is 16.3. The van der Waals surface area contributed by atoms with Crippen LogP contribution in [-0.2, 0) is 5.75 Å². The third kappa shape index (κ3) is 6.23. The maximum Gasteiger partial charge on any atom is 0.283 e. The number of benzene rings is 3. The lowest BCUT2D eigenvalue weighted by Gasteiger charge is -2.11. The van der Waals surface area contributed by atoms with Gasteiger partial charge in [-0.15, -0.1) is 11.8 Å². The van der Waals surface area contributed by atoms with Crippen molar-refractivity contribution in [2.24, 2.45) is 0 Å². The van der Waals surface area contributed by atoms with Crippen LogP contribution in [-0.4, -0.2) is 31.0 Å². The predicted octanol–water partition coefficient (Wildman–Crippen LogP) is 4.12. The summed E-state index contributed by atoms with van der Waals surface area (Å²) in [6, 6.07) is 14.4. The third-order valence-electron chi connectivity index (χ3n) is 4.60. The average Bonchev–Trinajstić information content (AvgIpc) is 2.85. The molecular weight excluding hydrogens is 465 g/mol. The van der Waals surface area contributed by atoms with Gasteiger partial charge in [0.25, 0.3) is 17.5 Å². The molecule has 3 aromatic rings. The van der Waals surface area contributed by atoms with Crippen molar-refractivity contribution in [2.75, 3.05) is 14.2 Å². The van der Waals surface area contributed by atoms with Crippen molar-refractivity contribution in [1.82, 2.24) is 10.9 Å². The monoisotopic (exact) mass is 485 g/mol. The zero-order chi connectivity index (χ0) is 24.7. The molecule has 0 unspecified atom stereocenters. The maximum atomic E-state index is 13.4. The fourth-order valence-electron chi connectivity index (χ4n) is 2.91. The van der Waals surface area contributed by atoms with Crippen LogP contribution in [0.25, 0.3) is 0 Å². The molecule has 0 aliphatic heterocycles. The lowest BCUT2D eigenvalue weighted by atomic mass is 10.2. The Morgan fingerprint density at radius 2 is 1.59 bits per heavy atom. The van der Waals surface area contributed by atoms with Crippen molar-refractivity contribution in [3.63, 3.8) is 0 Å². The quantitative estimate of drug-likeness (QED) is 0.280. The summed E-state index contributed by atoms with van der Waals surface area (Å²) in [4.78, 5) is 36.2. The number of hydrogen-bond acceptors (Lipinski definition) is 7. The van der Waals surface area contributed by atoms with Gasteiger partial charge in [-0.2, -0.15) is 0 Å². The van der Waals surface area contributed by atoms with Crippen LogP contribution < -0.4 is 20.3 Å². The molecule has 2 amide bonds. The van der Waals surface area contributed by atoms with Gasteiger partial charge in [-0.3, -0.25) is 30.6 Å². The minimum Gasteiger partial charge on any atom is -0.497 e. The molecule has 3 rings (SSSR count). The number of carbonyl (C=O) groups is 2. The normalized spacial score (nSPS) is 10.3. The number of nitro benzene ring substituents is 1. The standard InChI is InChI=1S/C23H20FN3O6S/c1-32-18-9-16(10-19(12-18)33-2)23(29)26-25-22(28)15-6-7-21(20(11-15)27(30)31)34-13-14-4-3-5-17(24)8-14/h3-12H,13H2,1-2H3,(H,25,28)(H,26,29). The molecule has 0 radical (unpaired) electrons. The van der Waals surface area contributed by atoms with E-state index in [0.717, 1.165) is 17.8 Å². The van der Waals surface area contributed by atoms with E-state index in [0.29, 0.717) is 27.7 Å². The summed E-state index contributed by atoms with van der Waals surface area (Å²) in [6.45, 7) is 0. The number of amides is 2. The second-order valence-electron chi connectivity index (χ2n) is 6.87. The van der Waals surface area contributed by atoms with Gasteiger partial charge in [0.2, 0.25) is 0 Å². The van der Waals surface area contributed by atoms with Crippen LogP contribution in [0.1, 0.15) is 26.3 Å². The highest BCUT2D eigenvalue weighted by Gasteiger charge is 2.19. The number of hydrazine groups is 1. The fourth-order valence-corrected chi connectivity index (χ4v) is 3.85. The highest BCUT2D eigenvalue weighted by Crippen LogP contribution is 2.32. The Balaban J connectivity index is 1.69. The first-order valence-corrected chi connectivity index (χ1v) is 10.8. The third-order valence-corrected chi connectivity index (χ3v) is 5.74. The molecule has 0 aliphatic carbocycles. The molecule has 0 saturated heterocycles. The van der Waals surface area contributed by atoms with E-state index in [1.807, 2.05) is 0 Å². The second kappa shape index (κ2) is 11.1. The molecule has 11 heteroatoms.